The smallest absolute Gasteiger partial charge is 0.189 e. The minimum absolute atomic E-state index is 0.215. The molecule has 1 fully saturated rings. The average molecular weight is 218 g/mol. The summed E-state index contributed by atoms with van der Waals surface area (Å²) in [6.45, 7) is 0.975. The summed E-state index contributed by atoms with van der Waals surface area (Å²) in [5.74, 6) is 1.29. The monoisotopic (exact) mass is 218 g/mol. The first kappa shape index (κ1) is 10.8. The van der Waals surface area contributed by atoms with Crippen LogP contribution < -0.4 is 10.5 Å². The van der Waals surface area contributed by atoms with Crippen molar-refractivity contribution in [3.05, 3.63) is 23.8 Å². The van der Waals surface area contributed by atoms with Crippen molar-refractivity contribution in [2.75, 3.05) is 19.1 Å². The zero-order valence-electron chi connectivity index (χ0n) is 8.98. The van der Waals surface area contributed by atoms with Crippen LogP contribution in [-0.2, 0) is 4.74 Å². The normalized spacial score (nSPS) is 14.4. The van der Waals surface area contributed by atoms with E-state index in [9.17, 15) is 0 Å². The topological polar surface area (TPSA) is 68.3 Å². The summed E-state index contributed by atoms with van der Waals surface area (Å²) < 4.78 is 10.7. The molecule has 2 N–H and O–H groups in total. The van der Waals surface area contributed by atoms with Crippen molar-refractivity contribution in [3.63, 3.8) is 0 Å². The summed E-state index contributed by atoms with van der Waals surface area (Å²) in [6, 6.07) is 6.97. The SMILES string of the molecule is N#Cc1ccc(OCOCC2CC2)c(N)c1. The number of rotatable bonds is 5. The second-order valence-corrected chi connectivity index (χ2v) is 3.94. The molecule has 16 heavy (non-hydrogen) atoms. The van der Waals surface area contributed by atoms with Gasteiger partial charge >= 0.3 is 0 Å². The number of nitriles is 1. The van der Waals surface area contributed by atoms with Gasteiger partial charge in [0.15, 0.2) is 6.79 Å². The molecule has 0 amide bonds. The zero-order chi connectivity index (χ0) is 11.4. The van der Waals surface area contributed by atoms with E-state index in [1.54, 1.807) is 18.2 Å². The van der Waals surface area contributed by atoms with E-state index in [1.807, 2.05) is 6.07 Å². The maximum atomic E-state index is 8.66. The van der Waals surface area contributed by atoms with Crippen molar-refractivity contribution in [2.24, 2.45) is 5.92 Å². The highest BCUT2D eigenvalue weighted by Gasteiger charge is 2.21. The Labute approximate surface area is 94.6 Å². The zero-order valence-corrected chi connectivity index (χ0v) is 8.98. The Morgan fingerprint density at radius 2 is 2.25 bits per heavy atom. The summed E-state index contributed by atoms with van der Waals surface area (Å²) in [7, 11) is 0. The lowest BCUT2D eigenvalue weighted by atomic mass is 10.2. The molecule has 0 atom stereocenters. The molecule has 1 aromatic carbocycles. The largest absolute Gasteiger partial charge is 0.465 e. The highest BCUT2D eigenvalue weighted by Crippen LogP contribution is 2.29. The third-order valence-corrected chi connectivity index (χ3v) is 2.49. The molecule has 0 radical (unpaired) electrons. The Kier molecular flexibility index (Phi) is 3.28. The molecule has 0 bridgehead atoms. The van der Waals surface area contributed by atoms with E-state index in [0.717, 1.165) is 12.5 Å². The van der Waals surface area contributed by atoms with Crippen LogP contribution in [0.25, 0.3) is 0 Å². The minimum Gasteiger partial charge on any atom is -0.465 e. The van der Waals surface area contributed by atoms with Crippen molar-refractivity contribution >= 4 is 5.69 Å². The van der Waals surface area contributed by atoms with E-state index in [-0.39, 0.29) is 6.79 Å². The van der Waals surface area contributed by atoms with Gasteiger partial charge in [0.25, 0.3) is 0 Å². The van der Waals surface area contributed by atoms with Gasteiger partial charge < -0.3 is 15.2 Å². The fourth-order valence-electron chi connectivity index (χ4n) is 1.35. The molecule has 0 saturated heterocycles. The fourth-order valence-corrected chi connectivity index (χ4v) is 1.35. The van der Waals surface area contributed by atoms with Gasteiger partial charge in [0.2, 0.25) is 0 Å². The molecule has 4 heteroatoms. The Morgan fingerprint density at radius 3 is 2.88 bits per heavy atom. The average Bonchev–Trinajstić information content (AvgIpc) is 3.10. The molecule has 1 aliphatic carbocycles. The number of hydrogen-bond acceptors (Lipinski definition) is 4. The molecule has 0 aromatic heterocycles. The first-order valence-corrected chi connectivity index (χ1v) is 5.30. The van der Waals surface area contributed by atoms with Crippen molar-refractivity contribution in [1.29, 1.82) is 5.26 Å². The first-order chi connectivity index (χ1) is 7.79. The summed E-state index contributed by atoms with van der Waals surface area (Å²) in [5.41, 5.74) is 6.72. The van der Waals surface area contributed by atoms with E-state index in [1.165, 1.54) is 12.8 Å². The van der Waals surface area contributed by atoms with Crippen LogP contribution in [0.3, 0.4) is 0 Å². The Bertz CT molecular complexity index is 408. The van der Waals surface area contributed by atoms with Crippen LogP contribution in [-0.4, -0.2) is 13.4 Å². The number of nitrogens with two attached hydrogens (primary N) is 1. The van der Waals surface area contributed by atoms with E-state index >= 15 is 0 Å². The van der Waals surface area contributed by atoms with Gasteiger partial charge in [-0.05, 0) is 37.0 Å². The third-order valence-electron chi connectivity index (χ3n) is 2.49. The number of ether oxygens (including phenoxy) is 2. The van der Waals surface area contributed by atoms with Gasteiger partial charge in [-0.3, -0.25) is 0 Å². The van der Waals surface area contributed by atoms with Crippen LogP contribution in [0.2, 0.25) is 0 Å². The van der Waals surface area contributed by atoms with Crippen LogP contribution >= 0.6 is 0 Å². The van der Waals surface area contributed by atoms with E-state index in [2.05, 4.69) is 0 Å². The van der Waals surface area contributed by atoms with Gasteiger partial charge in [0, 0.05) is 0 Å². The van der Waals surface area contributed by atoms with Crippen LogP contribution in [0.15, 0.2) is 18.2 Å². The van der Waals surface area contributed by atoms with Crippen molar-refractivity contribution in [1.82, 2.24) is 0 Å². The number of nitrogen functional groups attached to an aromatic ring is 1. The number of anilines is 1. The fraction of sp³-hybridized carbons (Fsp3) is 0.417. The molecular formula is C12H14N2O2. The lowest BCUT2D eigenvalue weighted by Crippen LogP contribution is -2.06. The van der Waals surface area contributed by atoms with Crippen molar-refractivity contribution in [2.45, 2.75) is 12.8 Å². The summed E-state index contributed by atoms with van der Waals surface area (Å²) >= 11 is 0. The van der Waals surface area contributed by atoms with Crippen LogP contribution in [0.4, 0.5) is 5.69 Å². The molecule has 1 aliphatic rings. The molecule has 0 aliphatic heterocycles. The molecule has 1 aromatic rings. The van der Waals surface area contributed by atoms with Gasteiger partial charge in [-0.1, -0.05) is 0 Å². The Balaban J connectivity index is 1.81. The molecular weight excluding hydrogens is 204 g/mol. The standard InChI is InChI=1S/C12H14N2O2/c13-6-10-3-4-12(11(14)5-10)16-8-15-7-9-1-2-9/h3-5,9H,1-2,7-8,14H2. The Hall–Kier alpha value is -1.73. The second-order valence-electron chi connectivity index (χ2n) is 3.94. The van der Waals surface area contributed by atoms with E-state index in [4.69, 9.17) is 20.5 Å². The van der Waals surface area contributed by atoms with Crippen molar-refractivity contribution < 1.29 is 9.47 Å². The molecule has 0 heterocycles. The minimum atomic E-state index is 0.215. The quantitative estimate of drug-likeness (QED) is 0.465. The molecule has 4 nitrogen and oxygen atoms in total. The summed E-state index contributed by atoms with van der Waals surface area (Å²) in [6.07, 6.45) is 2.53. The lowest BCUT2D eigenvalue weighted by Gasteiger charge is -2.09. The first-order valence-electron chi connectivity index (χ1n) is 5.30. The van der Waals surface area contributed by atoms with Gasteiger partial charge in [0.05, 0.1) is 23.9 Å². The van der Waals surface area contributed by atoms with Gasteiger partial charge in [-0.25, -0.2) is 0 Å². The highest BCUT2D eigenvalue weighted by molar-refractivity contribution is 5.56. The molecule has 0 spiro atoms. The predicted octanol–water partition coefficient (Wildman–Crippen LogP) is 1.90. The molecule has 0 unspecified atom stereocenters. The number of benzene rings is 1. The highest BCUT2D eigenvalue weighted by atomic mass is 16.7. The second kappa shape index (κ2) is 4.86. The van der Waals surface area contributed by atoms with Crippen molar-refractivity contribution in [3.8, 4) is 11.8 Å². The van der Waals surface area contributed by atoms with Crippen LogP contribution in [0.1, 0.15) is 18.4 Å². The number of hydrogen-bond donors (Lipinski definition) is 1. The lowest BCUT2D eigenvalue weighted by molar-refractivity contribution is 0.0104. The molecule has 1 saturated carbocycles. The maximum Gasteiger partial charge on any atom is 0.189 e. The van der Waals surface area contributed by atoms with E-state index in [0.29, 0.717) is 17.0 Å². The van der Waals surface area contributed by atoms with Crippen LogP contribution in [0, 0.1) is 17.2 Å². The van der Waals surface area contributed by atoms with Gasteiger partial charge in [-0.15, -0.1) is 0 Å². The maximum absolute atomic E-state index is 8.66. The molecule has 2 rings (SSSR count). The van der Waals surface area contributed by atoms with Crippen LogP contribution in [0.5, 0.6) is 5.75 Å². The number of nitrogens with zero attached hydrogens (tertiary/aromatic N) is 1. The molecule has 84 valence electrons. The summed E-state index contributed by atoms with van der Waals surface area (Å²) in [5, 5.41) is 8.66. The third kappa shape index (κ3) is 2.88. The summed E-state index contributed by atoms with van der Waals surface area (Å²) in [4.78, 5) is 0. The van der Waals surface area contributed by atoms with Gasteiger partial charge in [0.1, 0.15) is 5.75 Å². The Morgan fingerprint density at radius 1 is 1.44 bits per heavy atom. The van der Waals surface area contributed by atoms with Gasteiger partial charge in [-0.2, -0.15) is 5.26 Å². The van der Waals surface area contributed by atoms with E-state index < -0.39 is 0 Å². The predicted molar refractivity (Wildman–Crippen MR) is 59.7 cm³/mol.